The third kappa shape index (κ3) is 3.22. The summed E-state index contributed by atoms with van der Waals surface area (Å²) < 4.78 is 10.7. The van der Waals surface area contributed by atoms with E-state index >= 15 is 0 Å². The zero-order valence-corrected chi connectivity index (χ0v) is 11.5. The number of phenols is 1. The molecule has 2 atom stereocenters. The van der Waals surface area contributed by atoms with Crippen molar-refractivity contribution in [1.82, 2.24) is 0 Å². The van der Waals surface area contributed by atoms with Crippen LogP contribution in [0.25, 0.3) is 0 Å². The lowest BCUT2D eigenvalue weighted by Crippen LogP contribution is -2.21. The zero-order chi connectivity index (χ0) is 14.5. The molecule has 0 amide bonds. The van der Waals surface area contributed by atoms with E-state index in [2.05, 4.69) is 0 Å². The van der Waals surface area contributed by atoms with E-state index in [0.717, 1.165) is 0 Å². The molecule has 0 aliphatic heterocycles. The van der Waals surface area contributed by atoms with Crippen molar-refractivity contribution >= 4 is 0 Å². The lowest BCUT2D eigenvalue weighted by Gasteiger charge is -2.21. The van der Waals surface area contributed by atoms with Crippen LogP contribution in [0.3, 0.4) is 0 Å². The average Bonchev–Trinajstić information content (AvgIpc) is 2.48. The molecule has 0 heterocycles. The molecule has 0 saturated carbocycles. The number of rotatable bonds is 5. The molecule has 2 unspecified atom stereocenters. The Morgan fingerprint density at radius 1 is 1.05 bits per heavy atom. The van der Waals surface area contributed by atoms with Crippen LogP contribution in [-0.2, 0) is 0 Å². The summed E-state index contributed by atoms with van der Waals surface area (Å²) in [6.07, 6.45) is -1.24. The molecule has 0 aliphatic rings. The summed E-state index contributed by atoms with van der Waals surface area (Å²) in [5.41, 5.74) is 0.628. The van der Waals surface area contributed by atoms with E-state index in [1.54, 1.807) is 19.1 Å². The number of para-hydroxylation sites is 1. The number of hydrogen-bond acceptors (Lipinski definition) is 4. The fraction of sp³-hybridized carbons (Fsp3) is 0.250. The third-order valence-corrected chi connectivity index (χ3v) is 3.06. The van der Waals surface area contributed by atoms with Gasteiger partial charge in [0.05, 0.1) is 7.11 Å². The normalized spacial score (nSPS) is 13.6. The van der Waals surface area contributed by atoms with Gasteiger partial charge in [0, 0.05) is 0 Å². The maximum absolute atomic E-state index is 10.3. The van der Waals surface area contributed by atoms with E-state index in [-0.39, 0.29) is 5.75 Å². The van der Waals surface area contributed by atoms with Crippen LogP contribution in [0.5, 0.6) is 17.2 Å². The molecule has 20 heavy (non-hydrogen) atoms. The number of benzene rings is 2. The van der Waals surface area contributed by atoms with Gasteiger partial charge in [0.1, 0.15) is 18.0 Å². The predicted molar refractivity (Wildman–Crippen MR) is 76.2 cm³/mol. The van der Waals surface area contributed by atoms with Crippen molar-refractivity contribution in [2.24, 2.45) is 0 Å². The van der Waals surface area contributed by atoms with Crippen LogP contribution >= 0.6 is 0 Å². The summed E-state index contributed by atoms with van der Waals surface area (Å²) in [4.78, 5) is 0. The van der Waals surface area contributed by atoms with Crippen LogP contribution < -0.4 is 9.47 Å². The smallest absolute Gasteiger partial charge is 0.160 e. The van der Waals surface area contributed by atoms with Gasteiger partial charge < -0.3 is 19.7 Å². The van der Waals surface area contributed by atoms with Gasteiger partial charge in [-0.15, -0.1) is 0 Å². The molecule has 0 aromatic heterocycles. The summed E-state index contributed by atoms with van der Waals surface area (Å²) in [7, 11) is 1.47. The zero-order valence-electron chi connectivity index (χ0n) is 11.5. The van der Waals surface area contributed by atoms with Crippen LogP contribution in [0.2, 0.25) is 0 Å². The number of aliphatic hydroxyl groups excluding tert-OH is 1. The van der Waals surface area contributed by atoms with Gasteiger partial charge in [0.15, 0.2) is 11.5 Å². The minimum atomic E-state index is -0.815. The van der Waals surface area contributed by atoms with E-state index in [9.17, 15) is 10.2 Å². The highest BCUT2D eigenvalue weighted by Gasteiger charge is 2.19. The molecular formula is C16H18O4. The standard InChI is InChI=1S/C16H18O4/c1-11(20-13-6-4-3-5-7-13)16(18)12-8-9-14(17)15(10-12)19-2/h3-11,16-18H,1-2H3. The largest absolute Gasteiger partial charge is 0.504 e. The molecule has 2 N–H and O–H groups in total. The molecular weight excluding hydrogens is 256 g/mol. The van der Waals surface area contributed by atoms with Gasteiger partial charge in [-0.25, -0.2) is 0 Å². The first-order valence-electron chi connectivity index (χ1n) is 6.38. The van der Waals surface area contributed by atoms with Gasteiger partial charge in [-0.05, 0) is 36.8 Å². The van der Waals surface area contributed by atoms with Crippen LogP contribution in [0.4, 0.5) is 0 Å². The Kier molecular flexibility index (Phi) is 4.48. The molecule has 2 rings (SSSR count). The Bertz CT molecular complexity index is 554. The molecule has 2 aromatic carbocycles. The van der Waals surface area contributed by atoms with Crippen LogP contribution in [0.15, 0.2) is 48.5 Å². The number of hydrogen-bond donors (Lipinski definition) is 2. The highest BCUT2D eigenvalue weighted by Crippen LogP contribution is 2.30. The van der Waals surface area contributed by atoms with E-state index in [1.165, 1.54) is 13.2 Å². The van der Waals surface area contributed by atoms with Gasteiger partial charge in [0.25, 0.3) is 0 Å². The van der Waals surface area contributed by atoms with E-state index in [1.807, 2.05) is 30.3 Å². The molecule has 106 valence electrons. The van der Waals surface area contributed by atoms with Gasteiger partial charge >= 0.3 is 0 Å². The topological polar surface area (TPSA) is 58.9 Å². The number of aromatic hydroxyl groups is 1. The van der Waals surface area contributed by atoms with Gasteiger partial charge in [-0.3, -0.25) is 0 Å². The maximum Gasteiger partial charge on any atom is 0.160 e. The van der Waals surface area contributed by atoms with Crippen molar-refractivity contribution in [2.75, 3.05) is 7.11 Å². The first kappa shape index (κ1) is 14.2. The van der Waals surface area contributed by atoms with E-state index < -0.39 is 12.2 Å². The second kappa shape index (κ2) is 6.30. The van der Waals surface area contributed by atoms with Crippen LogP contribution in [-0.4, -0.2) is 23.4 Å². The maximum atomic E-state index is 10.3. The molecule has 4 nitrogen and oxygen atoms in total. The first-order valence-corrected chi connectivity index (χ1v) is 6.38. The number of aliphatic hydroxyl groups is 1. The molecule has 0 spiro atoms. The van der Waals surface area contributed by atoms with Crippen molar-refractivity contribution in [2.45, 2.75) is 19.1 Å². The molecule has 0 fully saturated rings. The quantitative estimate of drug-likeness (QED) is 0.880. The summed E-state index contributed by atoms with van der Waals surface area (Å²) in [5, 5.41) is 19.9. The third-order valence-electron chi connectivity index (χ3n) is 3.06. The van der Waals surface area contributed by atoms with Crippen molar-refractivity contribution < 1.29 is 19.7 Å². The molecule has 0 saturated heterocycles. The summed E-state index contributed by atoms with van der Waals surface area (Å²) >= 11 is 0. The Labute approximate surface area is 118 Å². The minimum Gasteiger partial charge on any atom is -0.504 e. The fourth-order valence-corrected chi connectivity index (χ4v) is 1.93. The van der Waals surface area contributed by atoms with E-state index in [4.69, 9.17) is 9.47 Å². The lowest BCUT2D eigenvalue weighted by molar-refractivity contribution is 0.0466. The SMILES string of the molecule is COc1cc(C(O)C(C)Oc2ccccc2)ccc1O. The lowest BCUT2D eigenvalue weighted by atomic mass is 10.0. The average molecular weight is 274 g/mol. The van der Waals surface area contributed by atoms with Crippen LogP contribution in [0, 0.1) is 0 Å². The van der Waals surface area contributed by atoms with Crippen molar-refractivity contribution in [3.8, 4) is 17.2 Å². The monoisotopic (exact) mass is 274 g/mol. The molecule has 0 bridgehead atoms. The Balaban J connectivity index is 2.12. The second-order valence-electron chi connectivity index (χ2n) is 4.51. The second-order valence-corrected chi connectivity index (χ2v) is 4.51. The summed E-state index contributed by atoms with van der Waals surface area (Å²) in [6.45, 7) is 1.79. The molecule has 0 aliphatic carbocycles. The van der Waals surface area contributed by atoms with Gasteiger partial charge in [-0.1, -0.05) is 24.3 Å². The highest BCUT2D eigenvalue weighted by atomic mass is 16.5. The minimum absolute atomic E-state index is 0.0417. The van der Waals surface area contributed by atoms with E-state index in [0.29, 0.717) is 17.1 Å². The van der Waals surface area contributed by atoms with Crippen molar-refractivity contribution in [3.63, 3.8) is 0 Å². The van der Waals surface area contributed by atoms with Crippen LogP contribution in [0.1, 0.15) is 18.6 Å². The first-order chi connectivity index (χ1) is 9.61. The van der Waals surface area contributed by atoms with Gasteiger partial charge in [0.2, 0.25) is 0 Å². The Hall–Kier alpha value is -2.20. The molecule has 4 heteroatoms. The molecule has 2 aromatic rings. The summed E-state index contributed by atoms with van der Waals surface area (Å²) in [6, 6.07) is 14.1. The predicted octanol–water partition coefficient (Wildman–Crippen LogP) is 2.90. The highest BCUT2D eigenvalue weighted by molar-refractivity contribution is 5.42. The fourth-order valence-electron chi connectivity index (χ4n) is 1.93. The number of ether oxygens (including phenoxy) is 2. The molecule has 0 radical (unpaired) electrons. The number of methoxy groups -OCH3 is 1. The van der Waals surface area contributed by atoms with Gasteiger partial charge in [-0.2, -0.15) is 0 Å². The Morgan fingerprint density at radius 3 is 2.40 bits per heavy atom. The summed E-state index contributed by atoms with van der Waals surface area (Å²) in [5.74, 6) is 1.07. The number of phenolic OH excluding ortho intramolecular Hbond substituents is 1. The Morgan fingerprint density at radius 2 is 1.75 bits per heavy atom. The van der Waals surface area contributed by atoms with Crippen molar-refractivity contribution in [3.05, 3.63) is 54.1 Å². The van der Waals surface area contributed by atoms with Crippen molar-refractivity contribution in [1.29, 1.82) is 0 Å².